The molecule has 1 aliphatic heterocycles. The highest BCUT2D eigenvalue weighted by atomic mass is 32.2. The lowest BCUT2D eigenvalue weighted by molar-refractivity contribution is -0.122. The lowest BCUT2D eigenvalue weighted by Crippen LogP contribution is -2.40. The van der Waals surface area contributed by atoms with Gasteiger partial charge in [-0.05, 0) is 44.0 Å². The number of aryl methyl sites for hydroxylation is 3. The minimum Gasteiger partial charge on any atom is -0.379 e. The summed E-state index contributed by atoms with van der Waals surface area (Å²) >= 11 is 1.16. The molecule has 1 aliphatic rings. The van der Waals surface area contributed by atoms with Gasteiger partial charge in [-0.25, -0.2) is 13.4 Å². The summed E-state index contributed by atoms with van der Waals surface area (Å²) in [4.78, 5) is 28.6. The van der Waals surface area contributed by atoms with Gasteiger partial charge in [-0.3, -0.25) is 9.59 Å². The molecule has 2 aromatic rings. The molecule has 0 spiro atoms. The van der Waals surface area contributed by atoms with Gasteiger partial charge in [0.05, 0.1) is 30.5 Å². The number of sulfonamides is 1. The van der Waals surface area contributed by atoms with Crippen molar-refractivity contribution in [1.29, 1.82) is 0 Å². The first-order valence-electron chi connectivity index (χ1n) is 10.5. The van der Waals surface area contributed by atoms with Crippen LogP contribution >= 0.6 is 11.8 Å². The van der Waals surface area contributed by atoms with Crippen molar-refractivity contribution in [1.82, 2.24) is 14.6 Å². The fourth-order valence-corrected chi connectivity index (χ4v) is 5.50. The molecule has 1 fully saturated rings. The average molecular weight is 493 g/mol. The molecule has 11 heteroatoms. The smallest absolute Gasteiger partial charge is 0.244 e. The predicted molar refractivity (Wildman–Crippen MR) is 127 cm³/mol. The van der Waals surface area contributed by atoms with Crippen LogP contribution < -0.4 is 10.6 Å². The van der Waals surface area contributed by atoms with Crippen LogP contribution in [0.2, 0.25) is 0 Å². The fraction of sp³-hybridized carbons (Fsp3) is 0.409. The molecular formula is C22H28N4O5S2. The van der Waals surface area contributed by atoms with Gasteiger partial charge in [0.25, 0.3) is 0 Å². The molecule has 0 unspecified atom stereocenters. The molecule has 2 N–H and O–H groups in total. The number of carbonyl (C=O) groups is 2. The Morgan fingerprint density at radius 3 is 2.36 bits per heavy atom. The van der Waals surface area contributed by atoms with E-state index in [4.69, 9.17) is 4.74 Å². The summed E-state index contributed by atoms with van der Waals surface area (Å²) < 4.78 is 31.8. The van der Waals surface area contributed by atoms with E-state index in [1.54, 1.807) is 6.07 Å². The van der Waals surface area contributed by atoms with Crippen LogP contribution in [0.15, 0.2) is 40.4 Å². The SMILES string of the molecule is Cc1cc(C)c(NC(=O)CNC(=O)CSc2ccc(S(=O)(=O)N3CCOCC3)cn2)c(C)c1. The Hall–Kier alpha value is -2.47. The highest BCUT2D eigenvalue weighted by Crippen LogP contribution is 2.22. The largest absolute Gasteiger partial charge is 0.379 e. The van der Waals surface area contributed by atoms with Gasteiger partial charge in [0.1, 0.15) is 4.90 Å². The molecule has 0 saturated carbocycles. The second-order valence-corrected chi connectivity index (χ2v) is 10.7. The van der Waals surface area contributed by atoms with Gasteiger partial charge >= 0.3 is 0 Å². The van der Waals surface area contributed by atoms with Crippen LogP contribution in [0.5, 0.6) is 0 Å². The van der Waals surface area contributed by atoms with Gasteiger partial charge in [-0.2, -0.15) is 4.31 Å². The number of hydrogen-bond donors (Lipinski definition) is 2. The first kappa shape index (κ1) is 25.2. The Morgan fingerprint density at radius 2 is 1.76 bits per heavy atom. The zero-order chi connectivity index (χ0) is 24.0. The minimum atomic E-state index is -3.60. The Balaban J connectivity index is 1.46. The third kappa shape index (κ3) is 6.76. The first-order valence-corrected chi connectivity index (χ1v) is 12.9. The summed E-state index contributed by atoms with van der Waals surface area (Å²) in [5, 5.41) is 5.94. The number of morpholine rings is 1. The Bertz CT molecular complexity index is 1090. The Morgan fingerprint density at radius 1 is 1.09 bits per heavy atom. The van der Waals surface area contributed by atoms with Crippen molar-refractivity contribution in [2.75, 3.05) is 43.9 Å². The van der Waals surface area contributed by atoms with Crippen molar-refractivity contribution >= 4 is 39.3 Å². The number of nitrogens with zero attached hydrogens (tertiary/aromatic N) is 2. The Kier molecular flexibility index (Phi) is 8.46. The number of hydrogen-bond acceptors (Lipinski definition) is 7. The number of amides is 2. The van der Waals surface area contributed by atoms with Crippen LogP contribution in [-0.2, 0) is 24.3 Å². The second kappa shape index (κ2) is 11.1. The van der Waals surface area contributed by atoms with E-state index in [-0.39, 0.29) is 29.0 Å². The molecule has 33 heavy (non-hydrogen) atoms. The lowest BCUT2D eigenvalue weighted by Gasteiger charge is -2.25. The zero-order valence-corrected chi connectivity index (χ0v) is 20.5. The maximum atomic E-state index is 12.6. The maximum absolute atomic E-state index is 12.6. The number of rotatable bonds is 8. The third-order valence-electron chi connectivity index (χ3n) is 5.06. The zero-order valence-electron chi connectivity index (χ0n) is 18.9. The second-order valence-electron chi connectivity index (χ2n) is 7.74. The van der Waals surface area contributed by atoms with Crippen molar-refractivity contribution in [2.45, 2.75) is 30.7 Å². The van der Waals surface area contributed by atoms with Gasteiger partial charge in [0.2, 0.25) is 21.8 Å². The first-order chi connectivity index (χ1) is 15.7. The molecule has 1 saturated heterocycles. The minimum absolute atomic E-state index is 0.0540. The number of nitrogens with one attached hydrogen (secondary N) is 2. The van der Waals surface area contributed by atoms with E-state index in [0.717, 1.165) is 34.1 Å². The molecule has 2 heterocycles. The number of anilines is 1. The van der Waals surface area contributed by atoms with Gasteiger partial charge < -0.3 is 15.4 Å². The molecule has 0 bridgehead atoms. The summed E-state index contributed by atoms with van der Waals surface area (Å²) in [7, 11) is -3.60. The summed E-state index contributed by atoms with van der Waals surface area (Å²) in [5.74, 6) is -0.572. The van der Waals surface area contributed by atoms with Gasteiger partial charge in [-0.15, -0.1) is 0 Å². The van der Waals surface area contributed by atoms with E-state index < -0.39 is 10.0 Å². The molecule has 9 nitrogen and oxygen atoms in total. The van der Waals surface area contributed by atoms with Crippen LogP contribution in [-0.4, -0.2) is 68.1 Å². The van der Waals surface area contributed by atoms with Gasteiger partial charge in [-0.1, -0.05) is 29.5 Å². The topological polar surface area (TPSA) is 118 Å². The van der Waals surface area contributed by atoms with Crippen molar-refractivity contribution in [3.63, 3.8) is 0 Å². The maximum Gasteiger partial charge on any atom is 0.244 e. The summed E-state index contributed by atoms with van der Waals surface area (Å²) in [6.07, 6.45) is 1.30. The number of benzene rings is 1. The van der Waals surface area contributed by atoms with E-state index in [2.05, 4.69) is 15.6 Å². The number of thioether (sulfide) groups is 1. The van der Waals surface area contributed by atoms with E-state index in [1.165, 1.54) is 16.6 Å². The van der Waals surface area contributed by atoms with Crippen molar-refractivity contribution in [3.05, 3.63) is 47.2 Å². The highest BCUT2D eigenvalue weighted by Gasteiger charge is 2.26. The van der Waals surface area contributed by atoms with Crippen LogP contribution in [0.3, 0.4) is 0 Å². The number of ether oxygens (including phenoxy) is 1. The standard InChI is InChI=1S/C22H28N4O5S2/c1-15-10-16(2)22(17(3)11-15)25-19(27)13-23-20(28)14-32-21-5-4-18(12-24-21)33(29,30)26-6-8-31-9-7-26/h4-5,10-12H,6-9,13-14H2,1-3H3,(H,23,28)(H,25,27). The molecule has 2 amide bonds. The monoisotopic (exact) mass is 492 g/mol. The van der Waals surface area contributed by atoms with Gasteiger partial charge in [0, 0.05) is 25.0 Å². The molecule has 0 aliphatic carbocycles. The van der Waals surface area contributed by atoms with Crippen molar-refractivity contribution in [3.8, 4) is 0 Å². The molecule has 0 radical (unpaired) electrons. The Labute approximate surface area is 198 Å². The molecule has 0 atom stereocenters. The van der Waals surface area contributed by atoms with Crippen LogP contribution in [0.1, 0.15) is 16.7 Å². The van der Waals surface area contributed by atoms with E-state index in [0.29, 0.717) is 31.3 Å². The molecule has 178 valence electrons. The number of pyridine rings is 1. The van der Waals surface area contributed by atoms with E-state index >= 15 is 0 Å². The average Bonchev–Trinajstić information content (AvgIpc) is 2.79. The molecule has 3 rings (SSSR count). The van der Waals surface area contributed by atoms with E-state index in [1.807, 2.05) is 32.9 Å². The quantitative estimate of drug-likeness (QED) is 0.540. The summed E-state index contributed by atoms with van der Waals surface area (Å²) in [6.45, 7) is 7.08. The predicted octanol–water partition coefficient (Wildman–Crippen LogP) is 1.87. The highest BCUT2D eigenvalue weighted by molar-refractivity contribution is 7.99. The summed E-state index contributed by atoms with van der Waals surface area (Å²) in [5.41, 5.74) is 3.81. The number of carbonyl (C=O) groups excluding carboxylic acids is 2. The molecule has 1 aromatic heterocycles. The van der Waals surface area contributed by atoms with Crippen molar-refractivity contribution < 1.29 is 22.7 Å². The van der Waals surface area contributed by atoms with Crippen LogP contribution in [0, 0.1) is 20.8 Å². The van der Waals surface area contributed by atoms with E-state index in [9.17, 15) is 18.0 Å². The van der Waals surface area contributed by atoms with Crippen LogP contribution in [0.25, 0.3) is 0 Å². The molecule has 1 aromatic carbocycles. The lowest BCUT2D eigenvalue weighted by atomic mass is 10.1. The van der Waals surface area contributed by atoms with Crippen LogP contribution in [0.4, 0.5) is 5.69 Å². The summed E-state index contributed by atoms with van der Waals surface area (Å²) in [6, 6.07) is 7.03. The third-order valence-corrected chi connectivity index (χ3v) is 7.88. The van der Waals surface area contributed by atoms with Crippen molar-refractivity contribution in [2.24, 2.45) is 0 Å². The van der Waals surface area contributed by atoms with Gasteiger partial charge in [0.15, 0.2) is 0 Å². The fourth-order valence-electron chi connectivity index (χ4n) is 3.47. The number of aromatic nitrogens is 1. The molecular weight excluding hydrogens is 464 g/mol. The normalized spacial score (nSPS) is 14.6.